The third-order valence-electron chi connectivity index (χ3n) is 6.40. The van der Waals surface area contributed by atoms with Crippen LogP contribution < -0.4 is 0 Å². The van der Waals surface area contributed by atoms with E-state index in [0.717, 1.165) is 0 Å². The van der Waals surface area contributed by atoms with Crippen molar-refractivity contribution in [1.82, 2.24) is 9.55 Å². The summed E-state index contributed by atoms with van der Waals surface area (Å²) in [7, 11) is -5.26. The number of hydrogen-bond donors (Lipinski definition) is 4. The van der Waals surface area contributed by atoms with Gasteiger partial charge in [0.25, 0.3) is 0 Å². The molecule has 41 heavy (non-hydrogen) atoms. The number of phenols is 1. The summed E-state index contributed by atoms with van der Waals surface area (Å²) in [6, 6.07) is 17.0. The molecule has 13 nitrogen and oxygen atoms in total. The Kier molecular flexibility index (Phi) is 8.18. The first kappa shape index (κ1) is 28.4. The lowest BCUT2D eigenvalue weighted by Crippen LogP contribution is -2.58. The molecule has 2 aromatic carbocycles. The van der Waals surface area contributed by atoms with Crippen LogP contribution in [0.4, 0.5) is 0 Å². The number of phosphoric ester groups is 1. The maximum atomic E-state index is 13.0. The Hall–Kier alpha value is -4.10. The third kappa shape index (κ3) is 6.46. The number of benzene rings is 2. The van der Waals surface area contributed by atoms with Crippen molar-refractivity contribution in [1.29, 1.82) is 0 Å². The number of phenolic OH excluding ortho intramolecular Hbond substituents is 1. The Morgan fingerprint density at radius 1 is 0.976 bits per heavy atom. The van der Waals surface area contributed by atoms with Gasteiger partial charge in [-0.3, -0.25) is 9.51 Å². The normalized spacial score (nSPS) is 22.8. The van der Waals surface area contributed by atoms with Crippen molar-refractivity contribution in [2.75, 3.05) is 6.61 Å². The Bertz CT molecular complexity index is 1570. The van der Waals surface area contributed by atoms with Crippen LogP contribution in [0.2, 0.25) is 0 Å². The van der Waals surface area contributed by atoms with Gasteiger partial charge in [-0.25, -0.2) is 14.2 Å². The minimum absolute atomic E-state index is 0.0109. The molecule has 1 aliphatic rings. The van der Waals surface area contributed by atoms with E-state index in [-0.39, 0.29) is 16.9 Å². The van der Waals surface area contributed by atoms with Crippen LogP contribution in [0.25, 0.3) is 10.9 Å². The van der Waals surface area contributed by atoms with E-state index in [4.69, 9.17) is 18.7 Å². The first-order valence-electron chi connectivity index (χ1n) is 12.3. The highest BCUT2D eigenvalue weighted by Gasteiger charge is 2.52. The van der Waals surface area contributed by atoms with Gasteiger partial charge in [-0.1, -0.05) is 18.2 Å². The minimum Gasteiger partial charge on any atom is -0.508 e. The molecule has 0 radical (unpaired) electrons. The second kappa shape index (κ2) is 11.8. The number of nitrogens with zero attached hydrogens (tertiary/aromatic N) is 2. The van der Waals surface area contributed by atoms with E-state index in [1.54, 1.807) is 36.5 Å². The van der Waals surface area contributed by atoms with Crippen molar-refractivity contribution in [3.8, 4) is 5.75 Å². The number of aromatic hydroxyl groups is 1. The van der Waals surface area contributed by atoms with Crippen LogP contribution in [-0.4, -0.2) is 72.5 Å². The smallest absolute Gasteiger partial charge is 0.470 e. The molecule has 0 amide bonds. The van der Waals surface area contributed by atoms with Crippen molar-refractivity contribution >= 4 is 30.7 Å². The molecule has 0 unspecified atom stereocenters. The first-order valence-corrected chi connectivity index (χ1v) is 13.8. The molecule has 0 spiro atoms. The average molecular weight is 584 g/mol. The zero-order valence-corrected chi connectivity index (χ0v) is 22.1. The zero-order valence-electron chi connectivity index (χ0n) is 21.2. The van der Waals surface area contributed by atoms with Gasteiger partial charge in [-0.2, -0.15) is 0 Å². The number of aliphatic hydroxyl groups is 1. The fourth-order valence-corrected chi connectivity index (χ4v) is 5.10. The van der Waals surface area contributed by atoms with E-state index < -0.39 is 57.0 Å². The van der Waals surface area contributed by atoms with Gasteiger partial charge in [0.2, 0.25) is 0 Å². The lowest BCUT2D eigenvalue weighted by molar-refractivity contribution is -0.246. The van der Waals surface area contributed by atoms with Crippen LogP contribution in [-0.2, 0) is 23.3 Å². The van der Waals surface area contributed by atoms with E-state index >= 15 is 0 Å². The lowest BCUT2D eigenvalue weighted by atomic mass is 9.97. The molecule has 0 aliphatic carbocycles. The number of carbonyl (C=O) groups is 2. The molecular formula is C27H25N2O11P. The quantitative estimate of drug-likeness (QED) is 0.175. The van der Waals surface area contributed by atoms with Gasteiger partial charge in [0, 0.05) is 24.0 Å². The molecule has 4 aromatic rings. The summed E-state index contributed by atoms with van der Waals surface area (Å²) >= 11 is 0. The number of phosphoric acid groups is 1. The molecular weight excluding hydrogens is 559 g/mol. The highest BCUT2D eigenvalue weighted by molar-refractivity contribution is 7.46. The molecule has 3 heterocycles. The highest BCUT2D eigenvalue weighted by Crippen LogP contribution is 2.44. The van der Waals surface area contributed by atoms with Gasteiger partial charge in [-0.15, -0.1) is 0 Å². The predicted molar refractivity (Wildman–Crippen MR) is 141 cm³/mol. The summed E-state index contributed by atoms with van der Waals surface area (Å²) in [6.07, 6.45) is -3.75. The summed E-state index contributed by atoms with van der Waals surface area (Å²) in [6.45, 7) is -0.532. The third-order valence-corrected chi connectivity index (χ3v) is 6.92. The zero-order chi connectivity index (χ0) is 29.1. The molecule has 14 heteroatoms. The average Bonchev–Trinajstić information content (AvgIpc) is 3.37. The van der Waals surface area contributed by atoms with Gasteiger partial charge < -0.3 is 38.8 Å². The largest absolute Gasteiger partial charge is 0.508 e. The molecule has 0 bridgehead atoms. The van der Waals surface area contributed by atoms with Crippen molar-refractivity contribution in [3.63, 3.8) is 0 Å². The van der Waals surface area contributed by atoms with Gasteiger partial charge in [0.05, 0.1) is 16.6 Å². The number of aliphatic hydroxyl groups excluding tert-OH is 1. The Labute approximate surface area is 232 Å². The van der Waals surface area contributed by atoms with Crippen molar-refractivity contribution in [3.05, 3.63) is 96.4 Å². The van der Waals surface area contributed by atoms with Crippen molar-refractivity contribution in [2.45, 2.75) is 30.6 Å². The Morgan fingerprint density at radius 3 is 2.44 bits per heavy atom. The fraction of sp³-hybridized carbons (Fsp3) is 0.222. The van der Waals surface area contributed by atoms with Crippen LogP contribution in [0.1, 0.15) is 26.9 Å². The molecule has 214 valence electrons. The SMILES string of the molecule is O=C(OC[C@H]1O[C@@H](n2ccc3cc(O)ccc32)[C@H](OC(=O)c2cccnc2)[C@@H](OP(=O)(O)O)[C@@H]1O)c1ccccc1. The molecule has 0 saturated carbocycles. The molecule has 5 atom stereocenters. The van der Waals surface area contributed by atoms with E-state index in [1.807, 2.05) is 0 Å². The summed E-state index contributed by atoms with van der Waals surface area (Å²) in [4.78, 5) is 48.9. The number of aromatic nitrogens is 2. The molecule has 1 aliphatic heterocycles. The molecule has 2 aromatic heterocycles. The number of hydrogen-bond acceptors (Lipinski definition) is 10. The maximum Gasteiger partial charge on any atom is 0.470 e. The Balaban J connectivity index is 1.52. The first-order chi connectivity index (χ1) is 19.6. The van der Waals surface area contributed by atoms with Crippen LogP contribution in [0.15, 0.2) is 85.3 Å². The fourth-order valence-electron chi connectivity index (χ4n) is 4.54. The molecule has 1 saturated heterocycles. The second-order valence-electron chi connectivity index (χ2n) is 9.16. The summed E-state index contributed by atoms with van der Waals surface area (Å²) in [5.74, 6) is -1.66. The topological polar surface area (TPSA) is 187 Å². The highest BCUT2D eigenvalue weighted by atomic mass is 31.2. The molecule has 4 N–H and O–H groups in total. The van der Waals surface area contributed by atoms with Gasteiger partial charge in [-0.05, 0) is 48.5 Å². The van der Waals surface area contributed by atoms with Gasteiger partial charge in [0.15, 0.2) is 12.3 Å². The van der Waals surface area contributed by atoms with Crippen LogP contribution in [0.3, 0.4) is 0 Å². The number of carbonyl (C=O) groups excluding carboxylic acids is 2. The summed E-state index contributed by atoms with van der Waals surface area (Å²) in [5.41, 5.74) is 0.746. The van der Waals surface area contributed by atoms with Crippen LogP contribution in [0.5, 0.6) is 5.75 Å². The number of esters is 2. The summed E-state index contributed by atoms with van der Waals surface area (Å²) < 4.78 is 35.6. The minimum atomic E-state index is -5.26. The van der Waals surface area contributed by atoms with Crippen molar-refractivity contribution in [2.24, 2.45) is 0 Å². The van der Waals surface area contributed by atoms with Gasteiger partial charge >= 0.3 is 19.8 Å². The number of ether oxygens (including phenoxy) is 3. The van der Waals surface area contributed by atoms with Crippen LogP contribution in [0, 0.1) is 0 Å². The maximum absolute atomic E-state index is 13.0. The van der Waals surface area contributed by atoms with Crippen molar-refractivity contribution < 1.29 is 52.9 Å². The summed E-state index contributed by atoms with van der Waals surface area (Å²) in [5, 5.41) is 21.6. The number of fused-ring (bicyclic) bond motifs is 1. The van der Waals surface area contributed by atoms with Crippen LogP contribution >= 0.6 is 7.82 Å². The predicted octanol–water partition coefficient (Wildman–Crippen LogP) is 2.56. The number of pyridine rings is 1. The van der Waals surface area contributed by atoms with E-state index in [1.165, 1.54) is 53.4 Å². The standard InChI is InChI=1S/C27H25N2O11P/c30-19-8-9-20-17(13-19)10-12-29(20)25-24(39-27(33)18-7-4-11-28-14-18)23(40-41(34,35)36)22(31)21(38-25)15-37-26(32)16-5-2-1-3-6-16/h1-14,21-25,30-31H,15H2,(H2,34,35,36)/t21-,22-,23+,24-,25-/m1/s1. The number of rotatable bonds is 8. The molecule has 5 rings (SSSR count). The molecule has 1 fully saturated rings. The lowest BCUT2D eigenvalue weighted by Gasteiger charge is -2.44. The monoisotopic (exact) mass is 584 g/mol. The van der Waals surface area contributed by atoms with E-state index in [0.29, 0.717) is 10.9 Å². The Morgan fingerprint density at radius 2 is 1.73 bits per heavy atom. The van der Waals surface area contributed by atoms with E-state index in [9.17, 15) is 34.2 Å². The van der Waals surface area contributed by atoms with E-state index in [2.05, 4.69) is 4.98 Å². The second-order valence-corrected chi connectivity index (χ2v) is 10.4. The van der Waals surface area contributed by atoms with Gasteiger partial charge in [0.1, 0.15) is 30.7 Å².